The maximum atomic E-state index is 12.4. The highest BCUT2D eigenvalue weighted by Gasteiger charge is 2.17. The number of nitrogens with one attached hydrogen (secondary N) is 1. The highest BCUT2D eigenvalue weighted by Crippen LogP contribution is 2.23. The van der Waals surface area contributed by atoms with E-state index in [9.17, 15) is 13.2 Å². The van der Waals surface area contributed by atoms with Crippen molar-refractivity contribution in [2.75, 3.05) is 13.7 Å². The van der Waals surface area contributed by atoms with E-state index in [1.54, 1.807) is 25.1 Å². The Morgan fingerprint density at radius 2 is 1.73 bits per heavy atom. The fraction of sp³-hybridized carbons (Fsp3) is 0.421. The van der Waals surface area contributed by atoms with Gasteiger partial charge in [0.2, 0.25) is 10.0 Å². The Hall–Kier alpha value is -2.12. The fourth-order valence-corrected chi connectivity index (χ4v) is 3.63. The van der Waals surface area contributed by atoms with Crippen molar-refractivity contribution >= 4 is 10.0 Å². The van der Waals surface area contributed by atoms with Gasteiger partial charge in [0.05, 0.1) is 12.0 Å². The molecule has 142 valence electrons. The predicted octanol–water partition coefficient (Wildman–Crippen LogP) is 2.44. The van der Waals surface area contributed by atoms with Crippen molar-refractivity contribution in [3.8, 4) is 5.75 Å². The van der Waals surface area contributed by atoms with Gasteiger partial charge in [-0.2, -0.15) is 0 Å². The molecule has 6 nitrogen and oxygen atoms in total. The number of rotatable bonds is 6. The first-order valence-electron chi connectivity index (χ1n) is 8.40. The molecule has 0 unspecified atom stereocenters. The van der Waals surface area contributed by atoms with Crippen molar-refractivity contribution in [3.63, 3.8) is 0 Å². The maximum absolute atomic E-state index is 12.4. The van der Waals surface area contributed by atoms with Crippen LogP contribution in [0.1, 0.15) is 32.0 Å². The lowest BCUT2D eigenvalue weighted by Gasteiger charge is -2.19. The molecule has 0 saturated carbocycles. The topological polar surface area (TPSA) is 77.4 Å². The quantitative estimate of drug-likeness (QED) is 0.838. The highest BCUT2D eigenvalue weighted by molar-refractivity contribution is 7.89. The summed E-state index contributed by atoms with van der Waals surface area (Å²) in [6, 6.07) is 9.98. The minimum atomic E-state index is -3.62. The number of sulfonamides is 1. The minimum Gasteiger partial charge on any atom is -0.496 e. The van der Waals surface area contributed by atoms with E-state index in [1.165, 1.54) is 17.7 Å². The van der Waals surface area contributed by atoms with E-state index in [4.69, 9.17) is 4.74 Å². The number of hydrogen-bond acceptors (Lipinski definition) is 4. The number of methoxy groups -OCH3 is 1. The molecule has 2 rings (SSSR count). The van der Waals surface area contributed by atoms with Gasteiger partial charge in [-0.05, 0) is 36.1 Å². The minimum absolute atomic E-state index is 0.0389. The maximum Gasteiger partial charge on any atom is 0.254 e. The van der Waals surface area contributed by atoms with Gasteiger partial charge in [-0.1, -0.05) is 32.9 Å². The lowest BCUT2D eigenvalue weighted by Crippen LogP contribution is -2.31. The van der Waals surface area contributed by atoms with Gasteiger partial charge in [0.25, 0.3) is 5.56 Å². The Morgan fingerprint density at radius 3 is 2.23 bits per heavy atom. The third-order valence-corrected chi connectivity index (χ3v) is 5.68. The first kappa shape index (κ1) is 20.2. The van der Waals surface area contributed by atoms with E-state index >= 15 is 0 Å². The van der Waals surface area contributed by atoms with Gasteiger partial charge in [0, 0.05) is 24.8 Å². The number of ether oxygens (including phenoxy) is 1. The zero-order chi connectivity index (χ0) is 19.5. The molecule has 1 aromatic carbocycles. The average Bonchev–Trinajstić information content (AvgIpc) is 2.56. The monoisotopic (exact) mass is 378 g/mol. The van der Waals surface area contributed by atoms with Crippen LogP contribution in [0.3, 0.4) is 0 Å². The Balaban J connectivity index is 2.08. The largest absolute Gasteiger partial charge is 0.496 e. The number of hydrogen-bond donors (Lipinski definition) is 1. The van der Waals surface area contributed by atoms with Crippen molar-refractivity contribution < 1.29 is 13.2 Å². The van der Waals surface area contributed by atoms with Gasteiger partial charge in [-0.3, -0.25) is 4.79 Å². The number of aromatic nitrogens is 1. The summed E-state index contributed by atoms with van der Waals surface area (Å²) in [6.45, 7) is 8.37. The smallest absolute Gasteiger partial charge is 0.254 e. The summed E-state index contributed by atoms with van der Waals surface area (Å²) in [5.74, 6) is 0.489. The second-order valence-electron chi connectivity index (χ2n) is 7.20. The van der Waals surface area contributed by atoms with Crippen molar-refractivity contribution in [3.05, 3.63) is 58.0 Å². The lowest BCUT2D eigenvalue weighted by atomic mass is 9.87. The molecule has 0 amide bonds. The third kappa shape index (κ3) is 4.74. The summed E-state index contributed by atoms with van der Waals surface area (Å²) in [7, 11) is -2.12. The summed E-state index contributed by atoms with van der Waals surface area (Å²) in [5, 5.41) is 0. The number of nitrogens with zero attached hydrogens (tertiary/aromatic N) is 1. The molecule has 0 bridgehead atoms. The fourth-order valence-electron chi connectivity index (χ4n) is 2.61. The van der Waals surface area contributed by atoms with Crippen LogP contribution in [-0.2, 0) is 22.0 Å². The average molecular weight is 378 g/mol. The zero-order valence-electron chi connectivity index (χ0n) is 15.9. The molecule has 0 radical (unpaired) electrons. The van der Waals surface area contributed by atoms with E-state index in [1.807, 2.05) is 12.1 Å². The van der Waals surface area contributed by atoms with Crippen LogP contribution in [0.4, 0.5) is 0 Å². The molecule has 0 aliphatic heterocycles. The Bertz CT molecular complexity index is 923. The van der Waals surface area contributed by atoms with Crippen LogP contribution >= 0.6 is 0 Å². The molecule has 0 aliphatic rings. The Labute approximate surface area is 154 Å². The lowest BCUT2D eigenvalue weighted by molar-refractivity contribution is 0.411. The molecule has 0 aliphatic carbocycles. The molecule has 7 heteroatoms. The van der Waals surface area contributed by atoms with Crippen LogP contribution in [-0.4, -0.2) is 26.6 Å². The number of pyridine rings is 1. The van der Waals surface area contributed by atoms with Gasteiger partial charge in [-0.25, -0.2) is 13.1 Å². The summed E-state index contributed by atoms with van der Waals surface area (Å²) < 4.78 is 34.0. The first-order valence-corrected chi connectivity index (χ1v) is 9.88. The Morgan fingerprint density at radius 1 is 1.12 bits per heavy atom. The molecule has 1 aromatic heterocycles. The molecule has 1 N–H and O–H groups in total. The third-order valence-electron chi connectivity index (χ3n) is 4.20. The van der Waals surface area contributed by atoms with E-state index < -0.39 is 10.0 Å². The molecule has 1 heterocycles. The van der Waals surface area contributed by atoms with Crippen molar-refractivity contribution in [2.45, 2.75) is 44.6 Å². The summed E-state index contributed by atoms with van der Waals surface area (Å²) in [6.07, 6.45) is 0. The Kier molecular flexibility index (Phi) is 5.93. The van der Waals surface area contributed by atoms with Crippen LogP contribution in [0, 0.1) is 6.92 Å². The molecule has 0 atom stereocenters. The molecule has 0 fully saturated rings. The standard InChI is InChI=1S/C19H26N2O4S/c1-14-12-16(25-5)13-18(22)21(14)11-10-20-26(23,24)17-8-6-15(7-9-17)19(2,3)4/h6-9,12-13,20H,10-11H2,1-5H3. The normalized spacial score (nSPS) is 12.2. The first-order chi connectivity index (χ1) is 12.0. The molecule has 0 saturated heterocycles. The number of aryl methyl sites for hydroxylation is 1. The van der Waals surface area contributed by atoms with Gasteiger partial charge in [0.15, 0.2) is 0 Å². The SMILES string of the molecule is COc1cc(C)n(CCNS(=O)(=O)c2ccc(C(C)(C)C)cc2)c(=O)c1. The van der Waals surface area contributed by atoms with Crippen molar-refractivity contribution in [1.82, 2.24) is 9.29 Å². The van der Waals surface area contributed by atoms with Gasteiger partial charge in [-0.15, -0.1) is 0 Å². The molecule has 0 spiro atoms. The van der Waals surface area contributed by atoms with Gasteiger partial charge >= 0.3 is 0 Å². The molecule has 26 heavy (non-hydrogen) atoms. The summed E-state index contributed by atoms with van der Waals surface area (Å²) in [5.41, 5.74) is 1.51. The van der Waals surface area contributed by atoms with Crippen molar-refractivity contribution in [1.29, 1.82) is 0 Å². The highest BCUT2D eigenvalue weighted by atomic mass is 32.2. The van der Waals surface area contributed by atoms with Gasteiger partial charge in [0.1, 0.15) is 5.75 Å². The number of benzene rings is 1. The van der Waals surface area contributed by atoms with E-state index in [0.717, 1.165) is 5.56 Å². The zero-order valence-corrected chi connectivity index (χ0v) is 16.7. The second kappa shape index (κ2) is 7.63. The van der Waals surface area contributed by atoms with Crippen LogP contribution in [0.2, 0.25) is 0 Å². The summed E-state index contributed by atoms with van der Waals surface area (Å²) >= 11 is 0. The van der Waals surface area contributed by atoms with E-state index in [-0.39, 0.29) is 29.0 Å². The van der Waals surface area contributed by atoms with Crippen LogP contribution in [0.15, 0.2) is 46.1 Å². The molecular formula is C19H26N2O4S. The van der Waals surface area contributed by atoms with Gasteiger partial charge < -0.3 is 9.30 Å². The van der Waals surface area contributed by atoms with Crippen molar-refractivity contribution in [2.24, 2.45) is 0 Å². The van der Waals surface area contributed by atoms with E-state index in [0.29, 0.717) is 11.4 Å². The second-order valence-corrected chi connectivity index (χ2v) is 8.97. The molecular weight excluding hydrogens is 352 g/mol. The predicted molar refractivity (Wildman–Crippen MR) is 102 cm³/mol. The van der Waals surface area contributed by atoms with Crippen LogP contribution in [0.5, 0.6) is 5.75 Å². The van der Waals surface area contributed by atoms with Crippen LogP contribution < -0.4 is 15.0 Å². The summed E-state index contributed by atoms with van der Waals surface area (Å²) in [4.78, 5) is 12.3. The van der Waals surface area contributed by atoms with E-state index in [2.05, 4.69) is 25.5 Å². The van der Waals surface area contributed by atoms with Crippen LogP contribution in [0.25, 0.3) is 0 Å². The molecule has 2 aromatic rings.